The van der Waals surface area contributed by atoms with Gasteiger partial charge in [-0.3, -0.25) is 0 Å². The number of benzene rings is 1. The Hall–Kier alpha value is -2.45. The van der Waals surface area contributed by atoms with Crippen LogP contribution in [-0.2, 0) is 9.47 Å². The van der Waals surface area contributed by atoms with Crippen LogP contribution in [0.4, 0.5) is 17.5 Å². The molecule has 8 nitrogen and oxygen atoms in total. The van der Waals surface area contributed by atoms with Gasteiger partial charge in [0.15, 0.2) is 11.6 Å². The van der Waals surface area contributed by atoms with Crippen LogP contribution in [0.3, 0.4) is 0 Å². The molecule has 2 aromatic rings. The van der Waals surface area contributed by atoms with Crippen LogP contribution in [0.5, 0.6) is 5.75 Å². The van der Waals surface area contributed by atoms with Gasteiger partial charge >= 0.3 is 0 Å². The van der Waals surface area contributed by atoms with E-state index in [-0.39, 0.29) is 0 Å². The predicted molar refractivity (Wildman–Crippen MR) is 92.2 cm³/mol. The highest BCUT2D eigenvalue weighted by Gasteiger charge is 2.40. The highest BCUT2D eigenvalue weighted by molar-refractivity contribution is 5.57. The van der Waals surface area contributed by atoms with E-state index in [2.05, 4.69) is 25.4 Å². The molecule has 132 valence electrons. The third kappa shape index (κ3) is 3.49. The van der Waals surface area contributed by atoms with E-state index >= 15 is 0 Å². The number of aromatic nitrogens is 3. The Morgan fingerprint density at radius 1 is 1.12 bits per heavy atom. The Kier molecular flexibility index (Phi) is 4.37. The molecule has 1 aromatic carbocycles. The maximum Gasteiger partial charge on any atom is 0.247 e. The fourth-order valence-electron chi connectivity index (χ4n) is 3.14. The number of nitrogens with one attached hydrogen (secondary N) is 1. The lowest BCUT2D eigenvalue weighted by molar-refractivity contribution is -0.169. The zero-order valence-electron chi connectivity index (χ0n) is 14.1. The number of rotatable bonds is 4. The van der Waals surface area contributed by atoms with Gasteiger partial charge in [0.05, 0.1) is 26.5 Å². The minimum Gasteiger partial charge on any atom is -0.497 e. The molecule has 3 heterocycles. The molecule has 0 aliphatic carbocycles. The summed E-state index contributed by atoms with van der Waals surface area (Å²) in [4.78, 5) is 6.69. The average molecular weight is 343 g/mol. The van der Waals surface area contributed by atoms with E-state index in [1.54, 1.807) is 13.3 Å². The largest absolute Gasteiger partial charge is 0.497 e. The summed E-state index contributed by atoms with van der Waals surface area (Å²) < 4.78 is 16.7. The second-order valence-electron chi connectivity index (χ2n) is 6.09. The normalized spacial score (nSPS) is 19.2. The highest BCUT2D eigenvalue weighted by atomic mass is 16.7. The molecule has 2 saturated heterocycles. The van der Waals surface area contributed by atoms with Gasteiger partial charge in [0.1, 0.15) is 5.75 Å². The van der Waals surface area contributed by atoms with E-state index in [1.807, 2.05) is 24.3 Å². The highest BCUT2D eigenvalue weighted by Crippen LogP contribution is 2.32. The van der Waals surface area contributed by atoms with Gasteiger partial charge in [-0.2, -0.15) is 10.1 Å². The number of nitrogens with zero attached hydrogens (tertiary/aromatic N) is 4. The lowest BCUT2D eigenvalue weighted by Gasteiger charge is -2.37. The minimum atomic E-state index is -0.400. The van der Waals surface area contributed by atoms with Crippen molar-refractivity contribution in [3.63, 3.8) is 0 Å². The molecule has 0 radical (unpaired) electrons. The van der Waals surface area contributed by atoms with Gasteiger partial charge in [0, 0.05) is 31.6 Å². The van der Waals surface area contributed by atoms with Gasteiger partial charge in [-0.25, -0.2) is 0 Å². The summed E-state index contributed by atoms with van der Waals surface area (Å²) in [6.07, 6.45) is 3.24. The molecule has 1 N–H and O–H groups in total. The first-order valence-corrected chi connectivity index (χ1v) is 8.40. The molecule has 1 aromatic heterocycles. The summed E-state index contributed by atoms with van der Waals surface area (Å²) in [5.74, 6) is 1.68. The summed E-state index contributed by atoms with van der Waals surface area (Å²) in [7, 11) is 1.65. The summed E-state index contributed by atoms with van der Waals surface area (Å²) >= 11 is 0. The van der Waals surface area contributed by atoms with Gasteiger partial charge < -0.3 is 24.4 Å². The van der Waals surface area contributed by atoms with Crippen molar-refractivity contribution in [2.24, 2.45) is 0 Å². The molecule has 0 unspecified atom stereocenters. The number of hydrogen-bond acceptors (Lipinski definition) is 8. The van der Waals surface area contributed by atoms with Crippen molar-refractivity contribution in [3.8, 4) is 5.75 Å². The molecule has 0 saturated carbocycles. The number of methoxy groups -OCH3 is 1. The van der Waals surface area contributed by atoms with Gasteiger partial charge in [0.25, 0.3) is 0 Å². The number of anilines is 3. The monoisotopic (exact) mass is 343 g/mol. The summed E-state index contributed by atoms with van der Waals surface area (Å²) in [6, 6.07) is 7.65. The zero-order chi connectivity index (χ0) is 17.1. The predicted octanol–water partition coefficient (Wildman–Crippen LogP) is 1.97. The number of hydrogen-bond donors (Lipinski definition) is 1. The van der Waals surface area contributed by atoms with Gasteiger partial charge in [-0.1, -0.05) is 0 Å². The summed E-state index contributed by atoms with van der Waals surface area (Å²) in [6.45, 7) is 2.93. The van der Waals surface area contributed by atoms with Crippen molar-refractivity contribution in [2.45, 2.75) is 18.6 Å². The maximum absolute atomic E-state index is 5.76. The van der Waals surface area contributed by atoms with Crippen molar-refractivity contribution >= 4 is 17.5 Å². The van der Waals surface area contributed by atoms with Gasteiger partial charge in [0.2, 0.25) is 5.95 Å². The van der Waals surface area contributed by atoms with Crippen LogP contribution in [0.25, 0.3) is 0 Å². The van der Waals surface area contributed by atoms with Crippen LogP contribution in [0.1, 0.15) is 12.8 Å². The van der Waals surface area contributed by atoms with Crippen LogP contribution >= 0.6 is 0 Å². The molecule has 0 amide bonds. The van der Waals surface area contributed by atoms with E-state index in [0.717, 1.165) is 37.4 Å². The van der Waals surface area contributed by atoms with Crippen LogP contribution < -0.4 is 15.0 Å². The summed E-state index contributed by atoms with van der Waals surface area (Å²) in [5, 5.41) is 11.5. The lowest BCUT2D eigenvalue weighted by atomic mass is 10.0. The quantitative estimate of drug-likeness (QED) is 0.902. The fraction of sp³-hybridized carbons (Fsp3) is 0.471. The molecule has 2 aliphatic heterocycles. The SMILES string of the molecule is COc1ccc(Nc2cnnc(N3CCC4(CC3)OCCO4)n2)cc1. The van der Waals surface area contributed by atoms with E-state index in [0.29, 0.717) is 25.0 Å². The molecule has 0 bridgehead atoms. The Morgan fingerprint density at radius 3 is 2.52 bits per heavy atom. The second kappa shape index (κ2) is 6.81. The molecule has 4 rings (SSSR count). The lowest BCUT2D eigenvalue weighted by Crippen LogP contribution is -2.45. The van der Waals surface area contributed by atoms with Crippen molar-refractivity contribution in [2.75, 3.05) is 43.6 Å². The van der Waals surface area contributed by atoms with Crippen molar-refractivity contribution in [1.29, 1.82) is 0 Å². The van der Waals surface area contributed by atoms with E-state index in [4.69, 9.17) is 14.2 Å². The van der Waals surface area contributed by atoms with Crippen LogP contribution in [0, 0.1) is 0 Å². The van der Waals surface area contributed by atoms with Crippen molar-refractivity contribution < 1.29 is 14.2 Å². The molecule has 25 heavy (non-hydrogen) atoms. The molecule has 2 aliphatic rings. The Labute approximate surface area is 146 Å². The van der Waals surface area contributed by atoms with E-state index in [1.165, 1.54) is 0 Å². The van der Waals surface area contributed by atoms with E-state index in [9.17, 15) is 0 Å². The fourth-order valence-corrected chi connectivity index (χ4v) is 3.14. The average Bonchev–Trinajstić information content (AvgIpc) is 3.11. The standard InChI is InChI=1S/C17H21N5O3/c1-23-14-4-2-13(3-5-14)19-15-12-18-21-16(20-15)22-8-6-17(7-9-22)24-10-11-25-17/h2-5,12H,6-11H2,1H3,(H,19,20,21). The zero-order valence-corrected chi connectivity index (χ0v) is 14.1. The maximum atomic E-state index is 5.76. The van der Waals surface area contributed by atoms with Crippen molar-refractivity contribution in [3.05, 3.63) is 30.5 Å². The third-order valence-electron chi connectivity index (χ3n) is 4.53. The minimum absolute atomic E-state index is 0.400. The molecular weight excluding hydrogens is 322 g/mol. The second-order valence-corrected chi connectivity index (χ2v) is 6.09. The summed E-state index contributed by atoms with van der Waals surface area (Å²) in [5.41, 5.74) is 0.914. The Balaban J connectivity index is 1.42. The van der Waals surface area contributed by atoms with E-state index < -0.39 is 5.79 Å². The van der Waals surface area contributed by atoms with Gasteiger partial charge in [-0.05, 0) is 24.3 Å². The smallest absolute Gasteiger partial charge is 0.247 e. The van der Waals surface area contributed by atoms with Crippen LogP contribution in [0.2, 0.25) is 0 Å². The molecular formula is C17H21N5O3. The van der Waals surface area contributed by atoms with Crippen molar-refractivity contribution in [1.82, 2.24) is 15.2 Å². The first-order chi connectivity index (χ1) is 12.3. The first kappa shape index (κ1) is 16.0. The van der Waals surface area contributed by atoms with Gasteiger partial charge in [-0.15, -0.1) is 5.10 Å². The molecule has 0 atom stereocenters. The first-order valence-electron chi connectivity index (χ1n) is 8.40. The molecule has 2 fully saturated rings. The van der Waals surface area contributed by atoms with Crippen LogP contribution in [0.15, 0.2) is 30.5 Å². The Morgan fingerprint density at radius 2 is 1.84 bits per heavy atom. The number of piperidine rings is 1. The topological polar surface area (TPSA) is 81.6 Å². The van der Waals surface area contributed by atoms with Crippen LogP contribution in [-0.4, -0.2) is 54.4 Å². The molecule has 1 spiro atoms. The third-order valence-corrected chi connectivity index (χ3v) is 4.53. The molecule has 8 heteroatoms. The number of ether oxygens (including phenoxy) is 3. The Bertz CT molecular complexity index is 708.